The molecule has 2 rings (SSSR count). The van der Waals surface area contributed by atoms with E-state index in [4.69, 9.17) is 10.5 Å². The van der Waals surface area contributed by atoms with Crippen LogP contribution in [0.5, 0.6) is 0 Å². The number of carbonyl (C=O) groups is 1. The van der Waals surface area contributed by atoms with Crippen molar-refractivity contribution < 1.29 is 9.53 Å². The maximum atomic E-state index is 11.6. The van der Waals surface area contributed by atoms with Gasteiger partial charge < -0.3 is 15.4 Å². The van der Waals surface area contributed by atoms with E-state index in [9.17, 15) is 4.79 Å². The standard InChI is InChI=1S/C13H18N2O2/c1-15-6-5-10-7-9(3-4-12(10)15)11(8-14)13(16)17-2/h3-4,7,11H,5-6,8,14H2,1-2H3. The molecule has 1 unspecified atom stereocenters. The first-order chi connectivity index (χ1) is 8.17. The Morgan fingerprint density at radius 3 is 3.00 bits per heavy atom. The maximum absolute atomic E-state index is 11.6. The van der Waals surface area contributed by atoms with Crippen LogP contribution in [0.4, 0.5) is 5.69 Å². The minimum Gasteiger partial charge on any atom is -0.469 e. The number of esters is 1. The third-order valence-electron chi connectivity index (χ3n) is 3.36. The molecule has 92 valence electrons. The van der Waals surface area contributed by atoms with Crippen LogP contribution in [0.1, 0.15) is 17.0 Å². The summed E-state index contributed by atoms with van der Waals surface area (Å²) in [7, 11) is 3.47. The van der Waals surface area contributed by atoms with E-state index in [1.54, 1.807) is 0 Å². The summed E-state index contributed by atoms with van der Waals surface area (Å²) in [4.78, 5) is 13.8. The molecule has 4 nitrogen and oxygen atoms in total. The summed E-state index contributed by atoms with van der Waals surface area (Å²) >= 11 is 0. The molecule has 0 radical (unpaired) electrons. The van der Waals surface area contributed by atoms with Crippen LogP contribution in [0.15, 0.2) is 18.2 Å². The number of hydrogen-bond acceptors (Lipinski definition) is 4. The highest BCUT2D eigenvalue weighted by Gasteiger charge is 2.22. The van der Waals surface area contributed by atoms with Crippen molar-refractivity contribution in [3.8, 4) is 0 Å². The van der Waals surface area contributed by atoms with Crippen molar-refractivity contribution in [1.82, 2.24) is 0 Å². The zero-order valence-corrected chi connectivity index (χ0v) is 10.3. The van der Waals surface area contributed by atoms with E-state index in [0.29, 0.717) is 0 Å². The summed E-state index contributed by atoms with van der Waals surface area (Å²) in [5, 5.41) is 0. The van der Waals surface area contributed by atoms with Crippen molar-refractivity contribution in [3.05, 3.63) is 29.3 Å². The third kappa shape index (κ3) is 2.13. The molecule has 0 aromatic heterocycles. The molecule has 1 heterocycles. The number of hydrogen-bond donors (Lipinski definition) is 1. The van der Waals surface area contributed by atoms with Crippen molar-refractivity contribution in [3.63, 3.8) is 0 Å². The van der Waals surface area contributed by atoms with Gasteiger partial charge in [0.2, 0.25) is 0 Å². The van der Waals surface area contributed by atoms with Crippen molar-refractivity contribution in [2.45, 2.75) is 12.3 Å². The highest BCUT2D eigenvalue weighted by molar-refractivity contribution is 5.79. The molecule has 1 aliphatic heterocycles. The number of methoxy groups -OCH3 is 1. The Morgan fingerprint density at radius 2 is 2.35 bits per heavy atom. The third-order valence-corrected chi connectivity index (χ3v) is 3.36. The molecule has 0 amide bonds. The molecule has 0 saturated carbocycles. The van der Waals surface area contributed by atoms with Gasteiger partial charge in [-0.05, 0) is 23.6 Å². The zero-order chi connectivity index (χ0) is 12.4. The molecule has 0 aliphatic carbocycles. The minimum absolute atomic E-state index is 0.265. The normalized spacial score (nSPS) is 15.6. The fourth-order valence-corrected chi connectivity index (χ4v) is 2.31. The lowest BCUT2D eigenvalue weighted by molar-refractivity contribution is -0.142. The summed E-state index contributed by atoms with van der Waals surface area (Å²) in [5.74, 6) is -0.616. The van der Waals surface area contributed by atoms with Crippen LogP contribution >= 0.6 is 0 Å². The van der Waals surface area contributed by atoms with Gasteiger partial charge in [0.25, 0.3) is 0 Å². The number of benzene rings is 1. The second-order valence-electron chi connectivity index (χ2n) is 4.37. The second kappa shape index (κ2) is 4.75. The number of nitrogens with two attached hydrogens (primary N) is 1. The number of anilines is 1. The minimum atomic E-state index is -0.351. The Bertz CT molecular complexity index is 431. The van der Waals surface area contributed by atoms with Gasteiger partial charge in [-0.25, -0.2) is 0 Å². The van der Waals surface area contributed by atoms with Gasteiger partial charge in [-0.2, -0.15) is 0 Å². The topological polar surface area (TPSA) is 55.6 Å². The average molecular weight is 234 g/mol. The van der Waals surface area contributed by atoms with E-state index in [1.807, 2.05) is 6.07 Å². The van der Waals surface area contributed by atoms with Crippen molar-refractivity contribution in [2.24, 2.45) is 5.73 Å². The van der Waals surface area contributed by atoms with E-state index >= 15 is 0 Å². The van der Waals surface area contributed by atoms with E-state index in [0.717, 1.165) is 18.5 Å². The maximum Gasteiger partial charge on any atom is 0.314 e. The van der Waals surface area contributed by atoms with E-state index in [1.165, 1.54) is 18.4 Å². The van der Waals surface area contributed by atoms with Gasteiger partial charge in [0.05, 0.1) is 13.0 Å². The first-order valence-corrected chi connectivity index (χ1v) is 5.79. The largest absolute Gasteiger partial charge is 0.469 e. The number of fused-ring (bicyclic) bond motifs is 1. The Morgan fingerprint density at radius 1 is 1.59 bits per heavy atom. The molecular formula is C13H18N2O2. The van der Waals surface area contributed by atoms with Gasteiger partial charge in [0.1, 0.15) is 0 Å². The van der Waals surface area contributed by atoms with Crippen molar-refractivity contribution in [2.75, 3.05) is 32.1 Å². The Kier molecular flexibility index (Phi) is 3.33. The highest BCUT2D eigenvalue weighted by atomic mass is 16.5. The van der Waals surface area contributed by atoms with Gasteiger partial charge >= 0.3 is 5.97 Å². The van der Waals surface area contributed by atoms with E-state index in [2.05, 4.69) is 24.1 Å². The van der Waals surface area contributed by atoms with Crippen LogP contribution in [0.3, 0.4) is 0 Å². The van der Waals surface area contributed by atoms with Crippen molar-refractivity contribution in [1.29, 1.82) is 0 Å². The van der Waals surface area contributed by atoms with Gasteiger partial charge in [0, 0.05) is 25.8 Å². The number of nitrogens with zero attached hydrogens (tertiary/aromatic N) is 1. The molecular weight excluding hydrogens is 216 g/mol. The summed E-state index contributed by atoms with van der Waals surface area (Å²) < 4.78 is 4.77. The predicted molar refractivity (Wildman–Crippen MR) is 67.2 cm³/mol. The van der Waals surface area contributed by atoms with Crippen LogP contribution in [-0.2, 0) is 16.0 Å². The highest BCUT2D eigenvalue weighted by Crippen LogP contribution is 2.30. The lowest BCUT2D eigenvalue weighted by Crippen LogP contribution is -2.22. The molecule has 1 aliphatic rings. The molecule has 0 fully saturated rings. The molecule has 1 aromatic rings. The lowest BCUT2D eigenvalue weighted by Gasteiger charge is -2.15. The number of likely N-dealkylation sites (N-methyl/N-ethyl adjacent to an activating group) is 1. The predicted octanol–water partition coefficient (Wildman–Crippen LogP) is 0.894. The number of ether oxygens (including phenoxy) is 1. The summed E-state index contributed by atoms with van der Waals surface area (Å²) in [5.41, 5.74) is 9.12. The monoisotopic (exact) mass is 234 g/mol. The quantitative estimate of drug-likeness (QED) is 0.789. The van der Waals surface area contributed by atoms with Crippen LogP contribution in [0.25, 0.3) is 0 Å². The van der Waals surface area contributed by atoms with Gasteiger partial charge in [-0.1, -0.05) is 12.1 Å². The second-order valence-corrected chi connectivity index (χ2v) is 4.37. The Labute approximate surface area is 101 Å². The molecule has 0 spiro atoms. The van der Waals surface area contributed by atoms with Crippen LogP contribution in [-0.4, -0.2) is 33.2 Å². The van der Waals surface area contributed by atoms with Crippen molar-refractivity contribution >= 4 is 11.7 Å². The van der Waals surface area contributed by atoms with Gasteiger partial charge in [-0.3, -0.25) is 4.79 Å². The fourth-order valence-electron chi connectivity index (χ4n) is 2.31. The number of carbonyl (C=O) groups excluding carboxylic acids is 1. The first kappa shape index (κ1) is 11.9. The lowest BCUT2D eigenvalue weighted by atomic mass is 9.96. The molecule has 17 heavy (non-hydrogen) atoms. The molecule has 1 aromatic carbocycles. The first-order valence-electron chi connectivity index (χ1n) is 5.79. The zero-order valence-electron chi connectivity index (χ0n) is 10.3. The molecule has 0 saturated heterocycles. The smallest absolute Gasteiger partial charge is 0.314 e. The van der Waals surface area contributed by atoms with E-state index < -0.39 is 0 Å². The molecule has 0 bridgehead atoms. The van der Waals surface area contributed by atoms with E-state index in [-0.39, 0.29) is 18.4 Å². The van der Waals surface area contributed by atoms with Gasteiger partial charge in [0.15, 0.2) is 0 Å². The Hall–Kier alpha value is -1.55. The fraction of sp³-hybridized carbons (Fsp3) is 0.462. The van der Waals surface area contributed by atoms with Crippen LogP contribution in [0, 0.1) is 0 Å². The summed E-state index contributed by atoms with van der Waals surface area (Å²) in [6.45, 7) is 1.31. The molecule has 2 N–H and O–H groups in total. The molecule has 1 atom stereocenters. The van der Waals surface area contributed by atoms with Gasteiger partial charge in [-0.15, -0.1) is 0 Å². The average Bonchev–Trinajstić information content (AvgIpc) is 2.71. The summed E-state index contributed by atoms with van der Waals surface area (Å²) in [6.07, 6.45) is 1.03. The Balaban J connectivity index is 2.31. The van der Waals surface area contributed by atoms with Crippen LogP contribution in [0.2, 0.25) is 0 Å². The number of rotatable bonds is 3. The summed E-state index contributed by atoms with van der Waals surface area (Å²) in [6, 6.07) is 6.10. The van der Waals surface area contributed by atoms with Crippen LogP contribution < -0.4 is 10.6 Å². The molecule has 4 heteroatoms. The SMILES string of the molecule is COC(=O)C(CN)c1ccc2c(c1)CCN2C.